The summed E-state index contributed by atoms with van der Waals surface area (Å²) in [5, 5.41) is 5.17. The molecule has 8 heteroatoms. The van der Waals surface area contributed by atoms with Crippen LogP contribution in [0.4, 0.5) is 4.79 Å². The van der Waals surface area contributed by atoms with Gasteiger partial charge >= 0.3 is 6.09 Å². The zero-order chi connectivity index (χ0) is 16.2. The number of hydrogen-bond donors (Lipinski definition) is 0. The lowest BCUT2D eigenvalue weighted by Gasteiger charge is -2.26. The van der Waals surface area contributed by atoms with Crippen molar-refractivity contribution in [1.82, 2.24) is 20.0 Å². The van der Waals surface area contributed by atoms with Crippen LogP contribution in [-0.2, 0) is 4.74 Å². The first-order valence-electron chi connectivity index (χ1n) is 7.32. The summed E-state index contributed by atoms with van der Waals surface area (Å²) >= 11 is 1.38. The van der Waals surface area contributed by atoms with E-state index in [4.69, 9.17) is 4.74 Å². The number of carbonyl (C=O) groups is 2. The molecule has 3 rings (SSSR count). The number of pyridine rings is 1. The van der Waals surface area contributed by atoms with Gasteiger partial charge in [-0.25, -0.2) is 19.8 Å². The van der Waals surface area contributed by atoms with Gasteiger partial charge in [0.2, 0.25) is 0 Å². The third-order valence-electron chi connectivity index (χ3n) is 3.38. The van der Waals surface area contributed by atoms with Crippen molar-refractivity contribution >= 4 is 23.3 Å². The largest absolute Gasteiger partial charge is 0.448 e. The summed E-state index contributed by atoms with van der Waals surface area (Å²) in [5.41, 5.74) is 1.19. The Morgan fingerprint density at radius 2 is 2.17 bits per heavy atom. The van der Waals surface area contributed by atoms with E-state index >= 15 is 0 Å². The molecule has 0 spiro atoms. The second kappa shape index (κ2) is 6.74. The molecule has 2 aromatic rings. The van der Waals surface area contributed by atoms with Gasteiger partial charge in [0.15, 0.2) is 0 Å². The van der Waals surface area contributed by atoms with E-state index in [2.05, 4.69) is 9.97 Å². The van der Waals surface area contributed by atoms with E-state index < -0.39 is 6.09 Å². The molecule has 1 saturated heterocycles. The molecule has 120 valence electrons. The number of thiazole rings is 1. The summed E-state index contributed by atoms with van der Waals surface area (Å²) in [4.78, 5) is 32.9. The van der Waals surface area contributed by atoms with Crippen LogP contribution in [0.2, 0.25) is 0 Å². The minimum Gasteiger partial charge on any atom is -0.448 e. The normalized spacial score (nSPS) is 14.1. The van der Waals surface area contributed by atoms with Crippen molar-refractivity contribution in [3.63, 3.8) is 0 Å². The lowest BCUT2D eigenvalue weighted by atomic mass is 10.3. The van der Waals surface area contributed by atoms with Gasteiger partial charge < -0.3 is 4.74 Å². The van der Waals surface area contributed by atoms with E-state index in [0.29, 0.717) is 18.8 Å². The van der Waals surface area contributed by atoms with Gasteiger partial charge in [-0.05, 0) is 25.5 Å². The molecule has 23 heavy (non-hydrogen) atoms. The van der Waals surface area contributed by atoms with Crippen LogP contribution < -0.4 is 0 Å². The maximum atomic E-state index is 12.6. The third-order valence-corrected chi connectivity index (χ3v) is 4.27. The van der Waals surface area contributed by atoms with Crippen LogP contribution in [0.3, 0.4) is 0 Å². The van der Waals surface area contributed by atoms with Crippen LogP contribution in [0.1, 0.15) is 23.8 Å². The smallest absolute Gasteiger partial charge is 0.428 e. The van der Waals surface area contributed by atoms with Crippen LogP contribution in [0.5, 0.6) is 0 Å². The van der Waals surface area contributed by atoms with Gasteiger partial charge in [-0.2, -0.15) is 0 Å². The number of carbonyl (C=O) groups excluding carboxylic acids is 2. The lowest BCUT2D eigenvalue weighted by Crippen LogP contribution is -2.45. The number of ether oxygens (including phenoxy) is 1. The van der Waals surface area contributed by atoms with Crippen molar-refractivity contribution < 1.29 is 14.3 Å². The fourth-order valence-corrected chi connectivity index (χ4v) is 3.12. The van der Waals surface area contributed by atoms with Crippen LogP contribution in [0.15, 0.2) is 29.9 Å². The highest BCUT2D eigenvalue weighted by atomic mass is 32.1. The van der Waals surface area contributed by atoms with Crippen LogP contribution in [0.25, 0.3) is 10.6 Å². The maximum absolute atomic E-state index is 12.6. The molecular weight excluding hydrogens is 316 g/mol. The van der Waals surface area contributed by atoms with Gasteiger partial charge in [-0.15, -0.1) is 11.3 Å². The summed E-state index contributed by atoms with van der Waals surface area (Å²) in [6, 6.07) is 3.71. The highest BCUT2D eigenvalue weighted by molar-refractivity contribution is 7.13. The molecule has 0 aromatic carbocycles. The Morgan fingerprint density at radius 1 is 1.35 bits per heavy atom. The SMILES string of the molecule is CCOC(=O)N1CCCN1C(=O)c1csc(-c2cccnc2)n1. The van der Waals surface area contributed by atoms with Crippen molar-refractivity contribution in [2.24, 2.45) is 0 Å². The Morgan fingerprint density at radius 3 is 2.91 bits per heavy atom. The fourth-order valence-electron chi connectivity index (χ4n) is 2.34. The number of nitrogens with zero attached hydrogens (tertiary/aromatic N) is 4. The Bertz CT molecular complexity index is 704. The number of hydrazine groups is 1. The van der Waals surface area contributed by atoms with Crippen molar-refractivity contribution in [2.45, 2.75) is 13.3 Å². The van der Waals surface area contributed by atoms with Gasteiger partial charge in [0.25, 0.3) is 5.91 Å². The summed E-state index contributed by atoms with van der Waals surface area (Å²) in [7, 11) is 0. The molecule has 0 atom stereocenters. The Balaban J connectivity index is 1.78. The fraction of sp³-hybridized carbons (Fsp3) is 0.333. The Hall–Kier alpha value is -2.48. The average Bonchev–Trinajstić information content (AvgIpc) is 3.25. The van der Waals surface area contributed by atoms with E-state index in [1.165, 1.54) is 21.4 Å². The zero-order valence-corrected chi connectivity index (χ0v) is 13.5. The van der Waals surface area contributed by atoms with Gasteiger partial charge in [0, 0.05) is 36.4 Å². The zero-order valence-electron chi connectivity index (χ0n) is 12.6. The van der Waals surface area contributed by atoms with Crippen molar-refractivity contribution in [3.05, 3.63) is 35.6 Å². The summed E-state index contributed by atoms with van der Waals surface area (Å²) < 4.78 is 4.98. The summed E-state index contributed by atoms with van der Waals surface area (Å²) in [5.74, 6) is -0.290. The van der Waals surface area contributed by atoms with Crippen molar-refractivity contribution in [1.29, 1.82) is 0 Å². The molecule has 0 N–H and O–H groups in total. The predicted octanol–water partition coefficient (Wildman–Crippen LogP) is 2.42. The van der Waals surface area contributed by atoms with E-state index in [-0.39, 0.29) is 12.5 Å². The quantitative estimate of drug-likeness (QED) is 0.863. The van der Waals surface area contributed by atoms with E-state index in [0.717, 1.165) is 17.0 Å². The van der Waals surface area contributed by atoms with Crippen molar-refractivity contribution in [3.8, 4) is 10.6 Å². The molecule has 0 radical (unpaired) electrons. The molecule has 0 bridgehead atoms. The molecule has 0 aliphatic carbocycles. The molecule has 2 aromatic heterocycles. The predicted molar refractivity (Wildman–Crippen MR) is 84.7 cm³/mol. The first-order chi connectivity index (χ1) is 11.2. The summed E-state index contributed by atoms with van der Waals surface area (Å²) in [6.45, 7) is 2.97. The van der Waals surface area contributed by atoms with Gasteiger partial charge in [0.05, 0.1) is 6.61 Å². The Kier molecular flexibility index (Phi) is 4.52. The molecule has 3 heterocycles. The second-order valence-corrected chi connectivity index (χ2v) is 5.74. The average molecular weight is 332 g/mol. The number of aromatic nitrogens is 2. The molecule has 0 unspecified atom stereocenters. The molecule has 0 saturated carbocycles. The minimum atomic E-state index is -0.499. The molecule has 1 aliphatic heterocycles. The van der Waals surface area contributed by atoms with E-state index in [1.807, 2.05) is 12.1 Å². The van der Waals surface area contributed by atoms with Crippen molar-refractivity contribution in [2.75, 3.05) is 19.7 Å². The van der Waals surface area contributed by atoms with E-state index in [9.17, 15) is 9.59 Å². The number of hydrogen-bond acceptors (Lipinski definition) is 6. The van der Waals surface area contributed by atoms with Crippen LogP contribution in [0, 0.1) is 0 Å². The number of amides is 2. The molecule has 1 fully saturated rings. The molecule has 7 nitrogen and oxygen atoms in total. The first kappa shape index (κ1) is 15.4. The van der Waals surface area contributed by atoms with Gasteiger partial charge in [-0.1, -0.05) is 0 Å². The second-order valence-electron chi connectivity index (χ2n) is 4.88. The summed E-state index contributed by atoms with van der Waals surface area (Å²) in [6.07, 6.45) is 3.61. The highest BCUT2D eigenvalue weighted by Crippen LogP contribution is 2.24. The minimum absolute atomic E-state index is 0.277. The third kappa shape index (κ3) is 3.16. The topological polar surface area (TPSA) is 75.6 Å². The molecular formula is C15H16N4O3S. The first-order valence-corrected chi connectivity index (χ1v) is 8.20. The maximum Gasteiger partial charge on any atom is 0.428 e. The van der Waals surface area contributed by atoms with Crippen LogP contribution in [-0.4, -0.2) is 51.7 Å². The Labute approximate surface area is 137 Å². The number of rotatable bonds is 3. The standard InChI is InChI=1S/C15H16N4O3S/c1-2-22-15(21)19-8-4-7-18(19)14(20)12-10-23-13(17-12)11-5-3-6-16-9-11/h3,5-6,9-10H,2,4,7-8H2,1H3. The monoisotopic (exact) mass is 332 g/mol. The molecule has 2 amide bonds. The highest BCUT2D eigenvalue weighted by Gasteiger charge is 2.33. The van der Waals surface area contributed by atoms with E-state index in [1.54, 1.807) is 24.7 Å². The lowest BCUT2D eigenvalue weighted by molar-refractivity contribution is 0.0142. The van der Waals surface area contributed by atoms with Crippen LogP contribution >= 0.6 is 11.3 Å². The van der Waals surface area contributed by atoms with Gasteiger partial charge in [-0.3, -0.25) is 9.78 Å². The molecule has 1 aliphatic rings. The van der Waals surface area contributed by atoms with Gasteiger partial charge in [0.1, 0.15) is 10.7 Å².